The number of para-hydroxylation sites is 1. The smallest absolute Gasteiger partial charge is 0.233 e. The summed E-state index contributed by atoms with van der Waals surface area (Å²) in [5.74, 6) is 2.58. The SMILES string of the molecule is CCn1c(COc2ccc(C(C)C)cc2)nnc1SCC(=O)N1CCN(c2ccccc2)CC1. The van der Waals surface area contributed by atoms with Gasteiger partial charge in [-0.15, -0.1) is 10.2 Å². The van der Waals surface area contributed by atoms with Gasteiger partial charge in [0.05, 0.1) is 5.75 Å². The van der Waals surface area contributed by atoms with Crippen molar-refractivity contribution in [2.45, 2.75) is 45.0 Å². The second-order valence-electron chi connectivity index (χ2n) is 8.65. The van der Waals surface area contributed by atoms with Crippen LogP contribution >= 0.6 is 11.8 Å². The van der Waals surface area contributed by atoms with Gasteiger partial charge in [-0.1, -0.05) is 55.9 Å². The number of carbonyl (C=O) groups is 1. The second-order valence-corrected chi connectivity index (χ2v) is 9.59. The summed E-state index contributed by atoms with van der Waals surface area (Å²) in [6, 6.07) is 18.5. The molecule has 0 saturated carbocycles. The van der Waals surface area contributed by atoms with Gasteiger partial charge in [0.1, 0.15) is 12.4 Å². The highest BCUT2D eigenvalue weighted by molar-refractivity contribution is 7.99. The Labute approximate surface area is 206 Å². The molecular weight excluding hydrogens is 446 g/mol. The summed E-state index contributed by atoms with van der Waals surface area (Å²) in [6.07, 6.45) is 0. The van der Waals surface area contributed by atoms with E-state index in [9.17, 15) is 4.79 Å². The Bertz CT molecular complexity index is 1060. The number of amides is 1. The number of ether oxygens (including phenoxy) is 1. The first-order valence-corrected chi connectivity index (χ1v) is 12.9. The molecule has 1 aliphatic heterocycles. The lowest BCUT2D eigenvalue weighted by Crippen LogP contribution is -2.49. The van der Waals surface area contributed by atoms with Crippen LogP contribution in [0, 0.1) is 0 Å². The first kappa shape index (κ1) is 24.1. The molecule has 0 bridgehead atoms. The van der Waals surface area contributed by atoms with E-state index in [1.165, 1.54) is 23.0 Å². The van der Waals surface area contributed by atoms with Crippen LogP contribution in [-0.4, -0.2) is 57.5 Å². The van der Waals surface area contributed by atoms with Crippen molar-refractivity contribution in [2.24, 2.45) is 0 Å². The third kappa shape index (κ3) is 5.91. The molecule has 0 radical (unpaired) electrons. The molecule has 34 heavy (non-hydrogen) atoms. The molecule has 1 aromatic heterocycles. The molecule has 1 saturated heterocycles. The van der Waals surface area contributed by atoms with Crippen molar-refractivity contribution >= 4 is 23.4 Å². The summed E-state index contributed by atoms with van der Waals surface area (Å²) < 4.78 is 7.96. The standard InChI is InChI=1S/C26H33N5O2S/c1-4-31-24(18-33-23-12-10-21(11-13-23)20(2)3)27-28-26(31)34-19-25(32)30-16-14-29(15-17-30)22-8-6-5-7-9-22/h5-13,20H,4,14-19H2,1-3H3. The van der Waals surface area contributed by atoms with E-state index in [1.54, 1.807) is 0 Å². The molecule has 0 unspecified atom stereocenters. The number of hydrogen-bond donors (Lipinski definition) is 0. The Kier molecular flexibility index (Phi) is 8.11. The Morgan fingerprint density at radius 1 is 1.00 bits per heavy atom. The Balaban J connectivity index is 1.27. The van der Waals surface area contributed by atoms with Crippen LogP contribution in [0.5, 0.6) is 5.75 Å². The van der Waals surface area contributed by atoms with E-state index >= 15 is 0 Å². The number of thioether (sulfide) groups is 1. The Hall–Kier alpha value is -3.00. The van der Waals surface area contributed by atoms with Gasteiger partial charge in [-0.25, -0.2) is 0 Å². The van der Waals surface area contributed by atoms with Gasteiger partial charge in [0.2, 0.25) is 5.91 Å². The molecule has 3 aromatic rings. The normalized spacial score (nSPS) is 14.0. The fourth-order valence-electron chi connectivity index (χ4n) is 4.02. The molecule has 0 spiro atoms. The van der Waals surface area contributed by atoms with Crippen molar-refractivity contribution < 1.29 is 9.53 Å². The van der Waals surface area contributed by atoms with Crippen LogP contribution in [0.1, 0.15) is 38.1 Å². The topological polar surface area (TPSA) is 63.5 Å². The predicted octanol–water partition coefficient (Wildman–Crippen LogP) is 4.44. The number of benzene rings is 2. The number of hydrogen-bond acceptors (Lipinski definition) is 6. The van der Waals surface area contributed by atoms with E-state index in [0.717, 1.165) is 49.5 Å². The lowest BCUT2D eigenvalue weighted by molar-refractivity contribution is -0.128. The second kappa shape index (κ2) is 11.4. The Morgan fingerprint density at radius 3 is 2.35 bits per heavy atom. The third-order valence-electron chi connectivity index (χ3n) is 6.10. The molecule has 1 aliphatic rings. The average molecular weight is 480 g/mol. The summed E-state index contributed by atoms with van der Waals surface area (Å²) >= 11 is 1.45. The number of piperazine rings is 1. The molecule has 2 aromatic carbocycles. The predicted molar refractivity (Wildman–Crippen MR) is 137 cm³/mol. The number of rotatable bonds is 9. The molecule has 2 heterocycles. The zero-order valence-electron chi connectivity index (χ0n) is 20.2. The maximum atomic E-state index is 12.8. The van der Waals surface area contributed by atoms with Gasteiger partial charge in [0.15, 0.2) is 11.0 Å². The minimum atomic E-state index is 0.145. The minimum Gasteiger partial charge on any atom is -0.486 e. The van der Waals surface area contributed by atoms with E-state index in [4.69, 9.17) is 4.74 Å². The van der Waals surface area contributed by atoms with E-state index in [-0.39, 0.29) is 5.91 Å². The van der Waals surface area contributed by atoms with E-state index in [1.807, 2.05) is 27.7 Å². The lowest BCUT2D eigenvalue weighted by atomic mass is 10.0. The van der Waals surface area contributed by atoms with Crippen LogP contribution in [0.3, 0.4) is 0 Å². The van der Waals surface area contributed by atoms with Crippen molar-refractivity contribution in [1.29, 1.82) is 0 Å². The fraction of sp³-hybridized carbons (Fsp3) is 0.423. The molecule has 8 heteroatoms. The number of anilines is 1. The van der Waals surface area contributed by atoms with Crippen molar-refractivity contribution in [1.82, 2.24) is 19.7 Å². The summed E-state index contributed by atoms with van der Waals surface area (Å²) in [7, 11) is 0. The van der Waals surface area contributed by atoms with Crippen LogP contribution in [0.15, 0.2) is 59.8 Å². The molecule has 0 N–H and O–H groups in total. The first-order chi connectivity index (χ1) is 16.5. The highest BCUT2D eigenvalue weighted by Crippen LogP contribution is 2.22. The van der Waals surface area contributed by atoms with Crippen molar-refractivity contribution in [3.8, 4) is 5.75 Å². The average Bonchev–Trinajstić information content (AvgIpc) is 3.28. The van der Waals surface area contributed by atoms with Crippen molar-refractivity contribution in [3.05, 3.63) is 66.0 Å². The van der Waals surface area contributed by atoms with E-state index in [2.05, 4.69) is 72.3 Å². The van der Waals surface area contributed by atoms with Crippen molar-refractivity contribution in [3.63, 3.8) is 0 Å². The number of aromatic nitrogens is 3. The fourth-order valence-corrected chi connectivity index (χ4v) is 4.94. The summed E-state index contributed by atoms with van der Waals surface area (Å²) in [5.41, 5.74) is 2.50. The van der Waals surface area contributed by atoms with Crippen LogP contribution < -0.4 is 9.64 Å². The van der Waals surface area contributed by atoms with E-state index in [0.29, 0.717) is 18.3 Å². The van der Waals surface area contributed by atoms with Crippen LogP contribution in [0.4, 0.5) is 5.69 Å². The molecule has 4 rings (SSSR count). The third-order valence-corrected chi connectivity index (χ3v) is 7.05. The largest absolute Gasteiger partial charge is 0.486 e. The molecule has 0 aliphatic carbocycles. The molecular formula is C26H33N5O2S. The number of nitrogens with zero attached hydrogens (tertiary/aromatic N) is 5. The maximum absolute atomic E-state index is 12.8. The summed E-state index contributed by atoms with van der Waals surface area (Å²) in [6.45, 7) is 10.7. The summed E-state index contributed by atoms with van der Waals surface area (Å²) in [4.78, 5) is 17.1. The highest BCUT2D eigenvalue weighted by atomic mass is 32.2. The van der Waals surface area contributed by atoms with Gasteiger partial charge >= 0.3 is 0 Å². The first-order valence-electron chi connectivity index (χ1n) is 11.9. The molecule has 1 amide bonds. The monoisotopic (exact) mass is 479 g/mol. The van der Waals surface area contributed by atoms with Gasteiger partial charge in [0, 0.05) is 38.4 Å². The van der Waals surface area contributed by atoms with Crippen LogP contribution in [0.25, 0.3) is 0 Å². The van der Waals surface area contributed by atoms with E-state index < -0.39 is 0 Å². The van der Waals surface area contributed by atoms with Crippen molar-refractivity contribution in [2.75, 3.05) is 36.8 Å². The van der Waals surface area contributed by atoms with Gasteiger partial charge in [-0.2, -0.15) is 0 Å². The molecule has 1 fully saturated rings. The van der Waals surface area contributed by atoms with Gasteiger partial charge < -0.3 is 19.1 Å². The quantitative estimate of drug-likeness (QED) is 0.423. The molecule has 180 valence electrons. The Morgan fingerprint density at radius 2 is 1.71 bits per heavy atom. The number of carbonyl (C=O) groups excluding carboxylic acids is 1. The molecule has 7 nitrogen and oxygen atoms in total. The minimum absolute atomic E-state index is 0.145. The zero-order valence-corrected chi connectivity index (χ0v) is 21.0. The van der Waals surface area contributed by atoms with Gasteiger partial charge in [-0.05, 0) is 42.7 Å². The van der Waals surface area contributed by atoms with Gasteiger partial charge in [-0.3, -0.25) is 4.79 Å². The maximum Gasteiger partial charge on any atom is 0.233 e. The summed E-state index contributed by atoms with van der Waals surface area (Å²) in [5, 5.41) is 9.40. The lowest BCUT2D eigenvalue weighted by Gasteiger charge is -2.36. The van der Waals surface area contributed by atoms with Gasteiger partial charge in [0.25, 0.3) is 0 Å². The van der Waals surface area contributed by atoms with Crippen LogP contribution in [0.2, 0.25) is 0 Å². The van der Waals surface area contributed by atoms with Crippen LogP contribution in [-0.2, 0) is 17.9 Å². The molecule has 0 atom stereocenters. The zero-order chi connectivity index (χ0) is 23.9. The highest BCUT2D eigenvalue weighted by Gasteiger charge is 2.22.